The molecule has 0 unspecified atom stereocenters. The Balaban J connectivity index is 1.57. The molecule has 0 bridgehead atoms. The number of rotatable bonds is 4. The van der Waals surface area contributed by atoms with Crippen LogP contribution in [0.25, 0.3) is 0 Å². The van der Waals surface area contributed by atoms with Crippen molar-refractivity contribution in [2.75, 3.05) is 26.2 Å². The number of halogens is 4. The van der Waals surface area contributed by atoms with Crippen LogP contribution in [0.15, 0.2) is 21.1 Å². The van der Waals surface area contributed by atoms with Crippen LogP contribution in [0.2, 0.25) is 0 Å². The molecule has 0 aromatic heterocycles. The van der Waals surface area contributed by atoms with Gasteiger partial charge in [-0.05, 0) is 34.8 Å². The molecule has 1 heterocycles. The summed E-state index contributed by atoms with van der Waals surface area (Å²) in [5.74, 6) is 0.147. The molecule has 3 aliphatic rings. The normalized spacial score (nSPS) is 32.4. The third-order valence-electron chi connectivity index (χ3n) is 6.87. The molecule has 2 saturated carbocycles. The number of amides is 2. The predicted molar refractivity (Wildman–Crippen MR) is 114 cm³/mol. The van der Waals surface area contributed by atoms with Crippen LogP contribution in [-0.2, 0) is 9.59 Å². The van der Waals surface area contributed by atoms with E-state index in [1.807, 2.05) is 9.80 Å². The van der Waals surface area contributed by atoms with Crippen LogP contribution < -0.4 is 0 Å². The van der Waals surface area contributed by atoms with E-state index < -0.39 is 0 Å². The summed E-state index contributed by atoms with van der Waals surface area (Å²) in [6.45, 7) is 10.4. The molecule has 3 rings (SSSR count). The standard InChI is InChI=1S/C20H26Cl4N2O2/c1-19(2)11(9-13(21)22)15(19)17(27)25-5-7-26(8-6-25)18(28)16-12(10-14(23)24)20(16,3)4/h9-12,15-16H,5-8H2,1-4H3/t11-,12+,15+,16-. The fraction of sp³-hybridized carbons (Fsp3) is 0.700. The fourth-order valence-corrected chi connectivity index (χ4v) is 5.28. The summed E-state index contributed by atoms with van der Waals surface area (Å²) in [6, 6.07) is 0. The number of piperazine rings is 1. The van der Waals surface area contributed by atoms with E-state index >= 15 is 0 Å². The lowest BCUT2D eigenvalue weighted by atomic mass is 10.1. The van der Waals surface area contributed by atoms with Gasteiger partial charge in [0.2, 0.25) is 11.8 Å². The lowest BCUT2D eigenvalue weighted by Crippen LogP contribution is -2.52. The van der Waals surface area contributed by atoms with Gasteiger partial charge in [0.05, 0.1) is 11.8 Å². The Kier molecular flexibility index (Phi) is 6.11. The molecule has 4 nitrogen and oxygen atoms in total. The molecule has 1 saturated heterocycles. The lowest BCUT2D eigenvalue weighted by Gasteiger charge is -2.35. The van der Waals surface area contributed by atoms with Gasteiger partial charge in [0.1, 0.15) is 8.98 Å². The molecular formula is C20H26Cl4N2O2. The highest BCUT2D eigenvalue weighted by molar-refractivity contribution is 6.56. The molecule has 3 fully saturated rings. The van der Waals surface area contributed by atoms with E-state index in [0.29, 0.717) is 26.2 Å². The van der Waals surface area contributed by atoms with Crippen molar-refractivity contribution >= 4 is 58.2 Å². The van der Waals surface area contributed by atoms with Gasteiger partial charge in [-0.3, -0.25) is 9.59 Å². The van der Waals surface area contributed by atoms with E-state index in [4.69, 9.17) is 46.4 Å². The minimum Gasteiger partial charge on any atom is -0.339 e. The van der Waals surface area contributed by atoms with Gasteiger partial charge in [0.15, 0.2) is 0 Å². The first-order valence-electron chi connectivity index (χ1n) is 9.52. The van der Waals surface area contributed by atoms with Crippen LogP contribution >= 0.6 is 46.4 Å². The van der Waals surface area contributed by atoms with E-state index in [1.165, 1.54) is 0 Å². The molecule has 1 aliphatic heterocycles. The first kappa shape index (κ1) is 22.3. The summed E-state index contributed by atoms with van der Waals surface area (Å²) in [5.41, 5.74) is -0.283. The molecule has 156 valence electrons. The van der Waals surface area contributed by atoms with Crippen LogP contribution in [-0.4, -0.2) is 47.8 Å². The first-order chi connectivity index (χ1) is 12.9. The van der Waals surface area contributed by atoms with Gasteiger partial charge in [-0.15, -0.1) is 0 Å². The molecule has 28 heavy (non-hydrogen) atoms. The van der Waals surface area contributed by atoms with Crippen molar-refractivity contribution in [3.63, 3.8) is 0 Å². The van der Waals surface area contributed by atoms with Crippen molar-refractivity contribution < 1.29 is 9.59 Å². The maximum absolute atomic E-state index is 12.9. The molecule has 0 N–H and O–H groups in total. The van der Waals surface area contributed by atoms with E-state index in [-0.39, 0.29) is 55.3 Å². The second-order valence-electron chi connectivity index (χ2n) is 9.21. The summed E-state index contributed by atoms with van der Waals surface area (Å²) in [5, 5.41) is 0. The zero-order valence-corrected chi connectivity index (χ0v) is 19.5. The van der Waals surface area contributed by atoms with Crippen molar-refractivity contribution in [1.29, 1.82) is 0 Å². The SMILES string of the molecule is CC1(C)[C@H](C=C(Cl)Cl)[C@H]1C(=O)N1CCN(C(=O)[C@H]2[C@H](C=C(Cl)Cl)C2(C)C)CC1. The fourth-order valence-electron chi connectivity index (χ4n) is 4.73. The molecule has 0 aromatic rings. The van der Waals surface area contributed by atoms with Gasteiger partial charge < -0.3 is 9.80 Å². The average Bonchev–Trinajstić information content (AvgIpc) is 3.33. The molecular weight excluding hydrogens is 442 g/mol. The van der Waals surface area contributed by atoms with Gasteiger partial charge in [-0.25, -0.2) is 0 Å². The Labute approximate surface area is 186 Å². The second kappa shape index (κ2) is 7.68. The number of carbonyl (C=O) groups is 2. The minimum atomic E-state index is -0.141. The van der Waals surface area contributed by atoms with Crippen molar-refractivity contribution in [2.24, 2.45) is 34.5 Å². The van der Waals surface area contributed by atoms with Gasteiger partial charge >= 0.3 is 0 Å². The summed E-state index contributed by atoms with van der Waals surface area (Å²) >= 11 is 23.2. The summed E-state index contributed by atoms with van der Waals surface area (Å²) in [4.78, 5) is 29.6. The topological polar surface area (TPSA) is 40.6 Å². The summed E-state index contributed by atoms with van der Waals surface area (Å²) < 4.78 is 0.410. The van der Waals surface area contributed by atoms with Gasteiger partial charge in [-0.2, -0.15) is 0 Å². The van der Waals surface area contributed by atoms with Gasteiger partial charge in [-0.1, -0.05) is 74.1 Å². The number of hydrogen-bond acceptors (Lipinski definition) is 2. The summed E-state index contributed by atoms with van der Waals surface area (Å²) in [7, 11) is 0. The third-order valence-corrected chi connectivity index (χ3v) is 7.37. The van der Waals surface area contributed by atoms with Crippen molar-refractivity contribution in [3.05, 3.63) is 21.1 Å². The monoisotopic (exact) mass is 466 g/mol. The van der Waals surface area contributed by atoms with Crippen molar-refractivity contribution in [1.82, 2.24) is 9.80 Å². The van der Waals surface area contributed by atoms with E-state index in [2.05, 4.69) is 27.7 Å². The molecule has 2 amide bonds. The Morgan fingerprint density at radius 3 is 1.25 bits per heavy atom. The predicted octanol–water partition coefficient (Wildman–Crippen LogP) is 4.84. The number of allylic oxidation sites excluding steroid dienone is 2. The highest BCUT2D eigenvalue weighted by Gasteiger charge is 2.63. The van der Waals surface area contributed by atoms with Gasteiger partial charge in [0, 0.05) is 26.2 Å². The summed E-state index contributed by atoms with van der Waals surface area (Å²) in [6.07, 6.45) is 3.52. The van der Waals surface area contributed by atoms with Crippen LogP contribution in [0.4, 0.5) is 0 Å². The minimum absolute atomic E-state index is 0.0600. The Hall–Kier alpha value is -0.420. The Morgan fingerprint density at radius 1 is 0.714 bits per heavy atom. The molecule has 2 aliphatic carbocycles. The molecule has 0 spiro atoms. The molecule has 0 aromatic carbocycles. The Morgan fingerprint density at radius 2 is 1.00 bits per heavy atom. The number of hydrogen-bond donors (Lipinski definition) is 0. The van der Waals surface area contributed by atoms with E-state index in [9.17, 15) is 9.59 Å². The molecule has 8 heteroatoms. The maximum atomic E-state index is 12.9. The number of nitrogens with zero attached hydrogens (tertiary/aromatic N) is 2. The van der Waals surface area contributed by atoms with E-state index in [0.717, 1.165) is 0 Å². The largest absolute Gasteiger partial charge is 0.339 e. The quantitative estimate of drug-likeness (QED) is 0.593. The average molecular weight is 468 g/mol. The van der Waals surface area contributed by atoms with E-state index in [1.54, 1.807) is 12.2 Å². The zero-order valence-electron chi connectivity index (χ0n) is 16.5. The second-order valence-corrected chi connectivity index (χ2v) is 11.2. The maximum Gasteiger partial charge on any atom is 0.226 e. The smallest absolute Gasteiger partial charge is 0.226 e. The van der Waals surface area contributed by atoms with Crippen LogP contribution in [0, 0.1) is 34.5 Å². The van der Waals surface area contributed by atoms with Crippen LogP contribution in [0.1, 0.15) is 27.7 Å². The van der Waals surface area contributed by atoms with Gasteiger partial charge in [0.25, 0.3) is 0 Å². The zero-order chi connectivity index (χ0) is 21.0. The molecule has 4 atom stereocenters. The molecule has 0 radical (unpaired) electrons. The third kappa shape index (κ3) is 4.08. The van der Waals surface area contributed by atoms with Crippen molar-refractivity contribution in [3.8, 4) is 0 Å². The Bertz CT molecular complexity index is 668. The highest BCUT2D eigenvalue weighted by atomic mass is 35.5. The highest BCUT2D eigenvalue weighted by Crippen LogP contribution is 2.61. The number of carbonyl (C=O) groups excluding carboxylic acids is 2. The van der Waals surface area contributed by atoms with Crippen LogP contribution in [0.3, 0.4) is 0 Å². The van der Waals surface area contributed by atoms with Crippen LogP contribution in [0.5, 0.6) is 0 Å². The first-order valence-corrected chi connectivity index (χ1v) is 11.0. The van der Waals surface area contributed by atoms with Crippen molar-refractivity contribution in [2.45, 2.75) is 27.7 Å². The lowest BCUT2D eigenvalue weighted by molar-refractivity contribution is -0.142.